The Balaban J connectivity index is 1.99. The van der Waals surface area contributed by atoms with Crippen molar-refractivity contribution in [2.24, 2.45) is 0 Å². The minimum absolute atomic E-state index is 0.0262. The highest BCUT2D eigenvalue weighted by molar-refractivity contribution is 6.08. The molecular weight excluding hydrogens is 254 g/mol. The number of fused-ring (bicyclic) bond motifs is 2. The number of para-hydroxylation sites is 1. The minimum atomic E-state index is -0.545. The summed E-state index contributed by atoms with van der Waals surface area (Å²) < 4.78 is 0. The molecule has 2 aliphatic heterocycles. The smallest absolute Gasteiger partial charge is 0.319 e. The third-order valence-electron chi connectivity index (χ3n) is 4.42. The van der Waals surface area contributed by atoms with Gasteiger partial charge in [-0.05, 0) is 18.1 Å². The molecule has 1 spiro atoms. The molecule has 106 valence electrons. The van der Waals surface area contributed by atoms with Crippen LogP contribution in [0.4, 0.5) is 10.5 Å². The Kier molecular flexibility index (Phi) is 2.74. The summed E-state index contributed by atoms with van der Waals surface area (Å²) >= 11 is 0. The summed E-state index contributed by atoms with van der Waals surface area (Å²) in [5.74, 6) is 0.104. The fourth-order valence-electron chi connectivity index (χ4n) is 3.37. The van der Waals surface area contributed by atoms with Gasteiger partial charge in [0.05, 0.1) is 5.41 Å². The van der Waals surface area contributed by atoms with E-state index in [-0.39, 0.29) is 11.9 Å². The summed E-state index contributed by atoms with van der Waals surface area (Å²) in [6.07, 6.45) is 0.701. The van der Waals surface area contributed by atoms with Crippen molar-refractivity contribution in [1.29, 1.82) is 0 Å². The molecular formula is C15H19N3O2. The molecule has 0 saturated carbocycles. The van der Waals surface area contributed by atoms with Gasteiger partial charge in [-0.1, -0.05) is 18.2 Å². The van der Waals surface area contributed by atoms with Gasteiger partial charge in [0, 0.05) is 39.9 Å². The van der Waals surface area contributed by atoms with Crippen LogP contribution in [0.5, 0.6) is 0 Å². The molecule has 2 aliphatic rings. The zero-order valence-electron chi connectivity index (χ0n) is 12.1. The van der Waals surface area contributed by atoms with E-state index >= 15 is 0 Å². The number of benzene rings is 1. The number of amides is 3. The summed E-state index contributed by atoms with van der Waals surface area (Å²) in [5, 5.41) is 0. The summed E-state index contributed by atoms with van der Waals surface area (Å²) in [5.41, 5.74) is 1.48. The second-order valence-electron chi connectivity index (χ2n) is 5.81. The molecule has 0 aliphatic carbocycles. The molecule has 3 rings (SSSR count). The van der Waals surface area contributed by atoms with Gasteiger partial charge in [0.2, 0.25) is 5.91 Å². The van der Waals surface area contributed by atoms with Gasteiger partial charge < -0.3 is 14.7 Å². The highest BCUT2D eigenvalue weighted by Crippen LogP contribution is 2.46. The number of anilines is 1. The van der Waals surface area contributed by atoms with Crippen molar-refractivity contribution in [3.63, 3.8) is 0 Å². The van der Waals surface area contributed by atoms with E-state index in [1.165, 1.54) is 0 Å². The predicted octanol–water partition coefficient (Wildman–Crippen LogP) is 1.29. The summed E-state index contributed by atoms with van der Waals surface area (Å²) in [6, 6.07) is 7.86. The first-order valence-electron chi connectivity index (χ1n) is 6.81. The second kappa shape index (κ2) is 4.23. The molecule has 3 amide bonds. The standard InChI is InChI=1S/C15H19N3O2/c1-16(2)14(20)18-9-8-15(10-18)11-6-4-5-7-12(11)17(3)13(15)19/h4-7H,8-10H2,1-3H3/t15-/m1/s1. The van der Waals surface area contributed by atoms with Crippen molar-refractivity contribution in [1.82, 2.24) is 9.80 Å². The van der Waals surface area contributed by atoms with E-state index in [2.05, 4.69) is 0 Å². The van der Waals surface area contributed by atoms with Crippen molar-refractivity contribution in [2.75, 3.05) is 39.1 Å². The third kappa shape index (κ3) is 1.55. The molecule has 0 radical (unpaired) electrons. The number of nitrogens with zero attached hydrogens (tertiary/aromatic N) is 3. The van der Waals surface area contributed by atoms with Crippen molar-refractivity contribution < 1.29 is 9.59 Å². The van der Waals surface area contributed by atoms with Crippen molar-refractivity contribution in [2.45, 2.75) is 11.8 Å². The molecule has 0 bridgehead atoms. The van der Waals surface area contributed by atoms with Crippen LogP contribution in [0.3, 0.4) is 0 Å². The molecule has 5 nitrogen and oxygen atoms in total. The molecule has 0 unspecified atom stereocenters. The van der Waals surface area contributed by atoms with Crippen molar-refractivity contribution in [3.05, 3.63) is 29.8 Å². The SMILES string of the molecule is CN(C)C(=O)N1CC[C@]2(C1)C(=O)N(C)c1ccccc12. The first-order chi connectivity index (χ1) is 9.47. The van der Waals surface area contributed by atoms with E-state index in [1.807, 2.05) is 31.3 Å². The molecule has 2 heterocycles. The van der Waals surface area contributed by atoms with Gasteiger partial charge in [-0.3, -0.25) is 4.79 Å². The van der Waals surface area contributed by atoms with Crippen LogP contribution in [0.15, 0.2) is 24.3 Å². The van der Waals surface area contributed by atoms with E-state index < -0.39 is 5.41 Å². The van der Waals surface area contributed by atoms with Crippen LogP contribution in [-0.4, -0.2) is 56.0 Å². The summed E-state index contributed by atoms with van der Waals surface area (Å²) in [4.78, 5) is 29.9. The zero-order chi connectivity index (χ0) is 14.5. The quantitative estimate of drug-likeness (QED) is 0.715. The number of rotatable bonds is 0. The largest absolute Gasteiger partial charge is 0.331 e. The lowest BCUT2D eigenvalue weighted by atomic mass is 9.81. The molecule has 0 aromatic heterocycles. The first kappa shape index (κ1) is 13.0. The van der Waals surface area contributed by atoms with Crippen LogP contribution in [-0.2, 0) is 10.2 Å². The maximum absolute atomic E-state index is 12.7. The van der Waals surface area contributed by atoms with Gasteiger partial charge in [0.25, 0.3) is 0 Å². The number of likely N-dealkylation sites (tertiary alicyclic amines) is 1. The van der Waals surface area contributed by atoms with Crippen molar-refractivity contribution in [3.8, 4) is 0 Å². The third-order valence-corrected chi connectivity index (χ3v) is 4.42. The van der Waals surface area contributed by atoms with E-state index in [0.29, 0.717) is 19.5 Å². The number of hydrogen-bond acceptors (Lipinski definition) is 2. The molecule has 1 aromatic rings. The lowest BCUT2D eigenvalue weighted by molar-refractivity contribution is -0.122. The molecule has 1 atom stereocenters. The van der Waals surface area contributed by atoms with E-state index in [9.17, 15) is 9.59 Å². The van der Waals surface area contributed by atoms with Crippen LogP contribution in [0.25, 0.3) is 0 Å². The van der Waals surface area contributed by atoms with Gasteiger partial charge in [0.15, 0.2) is 0 Å². The second-order valence-corrected chi connectivity index (χ2v) is 5.81. The fraction of sp³-hybridized carbons (Fsp3) is 0.467. The molecule has 1 fully saturated rings. The Morgan fingerprint density at radius 2 is 2.00 bits per heavy atom. The topological polar surface area (TPSA) is 43.9 Å². The lowest BCUT2D eigenvalue weighted by Gasteiger charge is -2.25. The number of hydrogen-bond donors (Lipinski definition) is 0. The fourth-order valence-corrected chi connectivity index (χ4v) is 3.37. The number of likely N-dealkylation sites (N-methyl/N-ethyl adjacent to an activating group) is 1. The van der Waals surface area contributed by atoms with Crippen LogP contribution < -0.4 is 4.90 Å². The number of carbonyl (C=O) groups is 2. The van der Waals surface area contributed by atoms with Gasteiger partial charge in [-0.2, -0.15) is 0 Å². The van der Waals surface area contributed by atoms with Gasteiger partial charge in [-0.25, -0.2) is 4.79 Å². The monoisotopic (exact) mass is 273 g/mol. The van der Waals surface area contributed by atoms with Crippen LogP contribution in [0, 0.1) is 0 Å². The van der Waals surface area contributed by atoms with E-state index in [0.717, 1.165) is 11.3 Å². The molecule has 5 heteroatoms. The van der Waals surface area contributed by atoms with Crippen LogP contribution in [0.1, 0.15) is 12.0 Å². The van der Waals surface area contributed by atoms with Crippen LogP contribution in [0.2, 0.25) is 0 Å². The number of urea groups is 1. The predicted molar refractivity (Wildman–Crippen MR) is 76.8 cm³/mol. The minimum Gasteiger partial charge on any atom is -0.331 e. The van der Waals surface area contributed by atoms with Crippen molar-refractivity contribution >= 4 is 17.6 Å². The molecule has 1 saturated heterocycles. The Bertz CT molecular complexity index is 584. The highest BCUT2D eigenvalue weighted by atomic mass is 16.2. The lowest BCUT2D eigenvalue weighted by Crippen LogP contribution is -2.44. The average Bonchev–Trinajstić information content (AvgIpc) is 2.97. The van der Waals surface area contributed by atoms with Gasteiger partial charge in [-0.15, -0.1) is 0 Å². The number of carbonyl (C=O) groups excluding carboxylic acids is 2. The highest BCUT2D eigenvalue weighted by Gasteiger charge is 2.54. The Morgan fingerprint density at radius 1 is 1.30 bits per heavy atom. The maximum atomic E-state index is 12.7. The molecule has 1 aromatic carbocycles. The average molecular weight is 273 g/mol. The summed E-state index contributed by atoms with van der Waals surface area (Å²) in [6.45, 7) is 1.11. The van der Waals surface area contributed by atoms with Gasteiger partial charge >= 0.3 is 6.03 Å². The normalized spacial score (nSPS) is 24.4. The van der Waals surface area contributed by atoms with Crippen LogP contribution >= 0.6 is 0 Å². The Labute approximate surface area is 118 Å². The Morgan fingerprint density at radius 3 is 2.70 bits per heavy atom. The summed E-state index contributed by atoms with van der Waals surface area (Å²) in [7, 11) is 5.29. The Hall–Kier alpha value is -2.04. The molecule has 0 N–H and O–H groups in total. The zero-order valence-corrected chi connectivity index (χ0v) is 12.1. The molecule has 20 heavy (non-hydrogen) atoms. The van der Waals surface area contributed by atoms with E-state index in [1.54, 1.807) is 28.8 Å². The first-order valence-corrected chi connectivity index (χ1v) is 6.81. The maximum Gasteiger partial charge on any atom is 0.319 e. The van der Waals surface area contributed by atoms with E-state index in [4.69, 9.17) is 0 Å². The van der Waals surface area contributed by atoms with Gasteiger partial charge in [0.1, 0.15) is 0 Å².